The van der Waals surface area contributed by atoms with Crippen LogP contribution in [0, 0.1) is 0 Å². The van der Waals surface area contributed by atoms with Crippen LogP contribution in [0.4, 0.5) is 0 Å². The van der Waals surface area contributed by atoms with Gasteiger partial charge in [-0.15, -0.1) is 0 Å². The van der Waals surface area contributed by atoms with Gasteiger partial charge in [0, 0.05) is 23.1 Å². The number of phenolic OH excluding ortho intramolecular Hbond substituents is 1. The minimum Gasteiger partial charge on any atom is -0.508 e. The second-order valence-corrected chi connectivity index (χ2v) is 7.40. The monoisotopic (exact) mass is 368 g/mol. The Morgan fingerprint density at radius 2 is 1.78 bits per heavy atom. The number of benzene rings is 2. The van der Waals surface area contributed by atoms with Crippen molar-refractivity contribution in [3.05, 3.63) is 46.3 Å². The van der Waals surface area contributed by atoms with Crippen LogP contribution in [0.15, 0.2) is 44.0 Å². The summed E-state index contributed by atoms with van der Waals surface area (Å²) in [6.07, 6.45) is -1.87. The lowest BCUT2D eigenvalue weighted by Crippen LogP contribution is -2.41. The van der Waals surface area contributed by atoms with Crippen molar-refractivity contribution < 1.29 is 28.9 Å². The molecule has 0 saturated heterocycles. The normalized spacial score (nSPS) is 19.7. The van der Waals surface area contributed by atoms with Crippen LogP contribution in [0.3, 0.4) is 0 Å². The zero-order valence-electron chi connectivity index (χ0n) is 14.5. The topological polar surface area (TPSA) is 113 Å². The van der Waals surface area contributed by atoms with E-state index in [2.05, 4.69) is 0 Å². The first kappa shape index (κ1) is 16.2. The van der Waals surface area contributed by atoms with Crippen molar-refractivity contribution in [3.63, 3.8) is 0 Å². The second-order valence-electron chi connectivity index (χ2n) is 7.40. The van der Waals surface area contributed by atoms with Crippen LogP contribution < -0.4 is 10.4 Å². The molecule has 27 heavy (non-hydrogen) atoms. The summed E-state index contributed by atoms with van der Waals surface area (Å²) in [7, 11) is 0. The van der Waals surface area contributed by atoms with Gasteiger partial charge in [-0.3, -0.25) is 0 Å². The van der Waals surface area contributed by atoms with Crippen molar-refractivity contribution >= 4 is 32.9 Å². The highest BCUT2D eigenvalue weighted by Gasteiger charge is 2.43. The fraction of sp³-hybridized carbons (Fsp3) is 0.250. The van der Waals surface area contributed by atoms with E-state index in [1.165, 1.54) is 12.1 Å². The summed E-state index contributed by atoms with van der Waals surface area (Å²) >= 11 is 0. The molecule has 0 spiro atoms. The van der Waals surface area contributed by atoms with Crippen LogP contribution in [0.1, 0.15) is 25.5 Å². The average Bonchev–Trinajstić information content (AvgIpc) is 3.11. The van der Waals surface area contributed by atoms with Crippen molar-refractivity contribution in [1.82, 2.24) is 0 Å². The number of ether oxygens (including phenoxy) is 1. The summed E-state index contributed by atoms with van der Waals surface area (Å²) < 4.78 is 17.0. The van der Waals surface area contributed by atoms with Gasteiger partial charge in [0.2, 0.25) is 0 Å². The smallest absolute Gasteiger partial charge is 0.348 e. The van der Waals surface area contributed by atoms with Gasteiger partial charge in [-0.05, 0) is 32.0 Å². The molecule has 0 radical (unpaired) electrons. The minimum atomic E-state index is -1.25. The summed E-state index contributed by atoms with van der Waals surface area (Å²) in [4.78, 5) is 12.5. The number of hydrogen-bond acceptors (Lipinski definition) is 7. The molecule has 5 rings (SSSR count). The molecule has 0 fully saturated rings. The van der Waals surface area contributed by atoms with Crippen molar-refractivity contribution in [2.24, 2.45) is 0 Å². The van der Waals surface area contributed by atoms with E-state index in [1.807, 2.05) is 0 Å². The molecule has 2 unspecified atom stereocenters. The van der Waals surface area contributed by atoms with Gasteiger partial charge in [0.1, 0.15) is 34.2 Å². The maximum atomic E-state index is 12.5. The molecule has 1 aliphatic heterocycles. The first-order valence-electron chi connectivity index (χ1n) is 8.47. The first-order chi connectivity index (χ1) is 12.7. The average molecular weight is 368 g/mol. The third-order valence-corrected chi connectivity index (χ3v) is 4.99. The van der Waals surface area contributed by atoms with Gasteiger partial charge in [0.05, 0.1) is 11.0 Å². The maximum Gasteiger partial charge on any atom is 0.348 e. The highest BCUT2D eigenvalue weighted by atomic mass is 16.5. The quantitative estimate of drug-likeness (QED) is 0.443. The molecule has 0 saturated carbocycles. The largest absolute Gasteiger partial charge is 0.508 e. The predicted molar refractivity (Wildman–Crippen MR) is 97.1 cm³/mol. The third kappa shape index (κ3) is 2.19. The van der Waals surface area contributed by atoms with Crippen LogP contribution in [-0.2, 0) is 0 Å². The molecule has 0 amide bonds. The second kappa shape index (κ2) is 5.03. The van der Waals surface area contributed by atoms with Crippen LogP contribution in [0.5, 0.6) is 11.5 Å². The van der Waals surface area contributed by atoms with Gasteiger partial charge >= 0.3 is 5.63 Å². The molecule has 1 aliphatic rings. The van der Waals surface area contributed by atoms with E-state index < -0.39 is 23.4 Å². The fourth-order valence-electron chi connectivity index (χ4n) is 3.70. The fourth-order valence-corrected chi connectivity index (χ4v) is 3.70. The van der Waals surface area contributed by atoms with Crippen molar-refractivity contribution in [1.29, 1.82) is 0 Å². The summed E-state index contributed by atoms with van der Waals surface area (Å²) in [6.45, 7) is 3.12. The van der Waals surface area contributed by atoms with Gasteiger partial charge in [-0.1, -0.05) is 0 Å². The summed E-state index contributed by atoms with van der Waals surface area (Å²) in [5.41, 5.74) is -0.415. The number of fused-ring (bicyclic) bond motifs is 6. The van der Waals surface area contributed by atoms with Gasteiger partial charge in [0.25, 0.3) is 0 Å². The number of phenols is 1. The molecule has 0 aliphatic carbocycles. The van der Waals surface area contributed by atoms with Gasteiger partial charge in [0.15, 0.2) is 11.7 Å². The standard InChI is InChI=1S/C20H16O7/c1-20(2,24)18-16(22)11-6-10-13(7-14(11)26-18)25-17-9-4-3-8(21)5-12(9)27-19(23)15(10)17/h3-7,16,18,21-22,24H,1-2H3. The number of aliphatic hydroxyl groups is 2. The van der Waals surface area contributed by atoms with Crippen molar-refractivity contribution in [3.8, 4) is 11.5 Å². The van der Waals surface area contributed by atoms with E-state index in [1.54, 1.807) is 32.0 Å². The Morgan fingerprint density at radius 1 is 1.04 bits per heavy atom. The number of furan rings is 1. The number of aliphatic hydroxyl groups excluding tert-OH is 1. The Balaban J connectivity index is 1.82. The Morgan fingerprint density at radius 3 is 2.52 bits per heavy atom. The first-order valence-corrected chi connectivity index (χ1v) is 8.47. The molecule has 138 valence electrons. The molecule has 2 aromatic carbocycles. The molecular formula is C20H16O7. The lowest BCUT2D eigenvalue weighted by atomic mass is 9.94. The van der Waals surface area contributed by atoms with E-state index in [-0.39, 0.29) is 16.7 Å². The molecule has 3 heterocycles. The highest BCUT2D eigenvalue weighted by molar-refractivity contribution is 6.13. The van der Waals surface area contributed by atoms with Crippen molar-refractivity contribution in [2.75, 3.05) is 0 Å². The number of aromatic hydroxyl groups is 1. The molecule has 3 N–H and O–H groups in total. The van der Waals surface area contributed by atoms with Crippen LogP contribution in [-0.4, -0.2) is 27.0 Å². The van der Waals surface area contributed by atoms with Crippen LogP contribution in [0.2, 0.25) is 0 Å². The zero-order valence-corrected chi connectivity index (χ0v) is 14.5. The van der Waals surface area contributed by atoms with Crippen LogP contribution in [0.25, 0.3) is 32.9 Å². The Bertz CT molecular complexity index is 1290. The number of hydrogen-bond donors (Lipinski definition) is 3. The number of rotatable bonds is 1. The highest BCUT2D eigenvalue weighted by Crippen LogP contribution is 2.44. The van der Waals surface area contributed by atoms with Gasteiger partial charge in [-0.25, -0.2) is 4.79 Å². The molecule has 0 bridgehead atoms. The predicted octanol–water partition coefficient (Wildman–Crippen LogP) is 2.96. The Labute approximate surface area is 152 Å². The molecule has 2 atom stereocenters. The van der Waals surface area contributed by atoms with Crippen LogP contribution >= 0.6 is 0 Å². The van der Waals surface area contributed by atoms with E-state index in [0.717, 1.165) is 0 Å². The van der Waals surface area contributed by atoms with Gasteiger partial charge < -0.3 is 28.9 Å². The van der Waals surface area contributed by atoms with E-state index in [0.29, 0.717) is 33.3 Å². The molecule has 7 heteroatoms. The molecule has 4 aromatic rings. The molecule has 7 nitrogen and oxygen atoms in total. The third-order valence-electron chi connectivity index (χ3n) is 4.99. The van der Waals surface area contributed by atoms with Crippen molar-refractivity contribution in [2.45, 2.75) is 31.7 Å². The zero-order chi connectivity index (χ0) is 19.1. The summed E-state index contributed by atoms with van der Waals surface area (Å²) in [6, 6.07) is 7.68. The van der Waals surface area contributed by atoms with E-state index in [4.69, 9.17) is 13.6 Å². The Kier molecular flexibility index (Phi) is 3.01. The minimum absolute atomic E-state index is 0.0192. The SMILES string of the molecule is CC(C)(O)C1Oc2cc3oc4c5ccc(O)cc5oc(=O)c4c3cc2C1O. The van der Waals surface area contributed by atoms with E-state index in [9.17, 15) is 20.1 Å². The summed E-state index contributed by atoms with van der Waals surface area (Å²) in [5, 5.41) is 31.7. The van der Waals surface area contributed by atoms with Gasteiger partial charge in [-0.2, -0.15) is 0 Å². The summed E-state index contributed by atoms with van der Waals surface area (Å²) in [5.74, 6) is 0.377. The molecule has 2 aromatic heterocycles. The van der Waals surface area contributed by atoms with E-state index >= 15 is 0 Å². The lowest BCUT2D eigenvalue weighted by molar-refractivity contribution is -0.0762. The maximum absolute atomic E-state index is 12.5. The molecular weight excluding hydrogens is 352 g/mol. The lowest BCUT2D eigenvalue weighted by Gasteiger charge is -2.27. The Hall–Kier alpha value is -3.03.